The molecule has 0 aliphatic rings. The molecule has 0 aliphatic heterocycles. The molecule has 8 heteroatoms. The number of aldehydes is 1. The Bertz CT molecular complexity index is 775. The van der Waals surface area contributed by atoms with Crippen LogP contribution in [0.5, 0.6) is 0 Å². The summed E-state index contributed by atoms with van der Waals surface area (Å²) < 4.78 is 44.8. The second kappa shape index (κ2) is 4.19. The third-order valence-corrected chi connectivity index (χ3v) is 2.78. The maximum absolute atomic E-state index is 12.9. The molecule has 0 amide bonds. The van der Waals surface area contributed by atoms with Crippen LogP contribution >= 0.6 is 0 Å². The van der Waals surface area contributed by atoms with Crippen molar-refractivity contribution in [2.24, 2.45) is 0 Å². The van der Waals surface area contributed by atoms with Gasteiger partial charge in [0.15, 0.2) is 18.4 Å². The van der Waals surface area contributed by atoms with Crippen LogP contribution in [0.25, 0.3) is 17.0 Å². The molecule has 20 heavy (non-hydrogen) atoms. The highest BCUT2D eigenvalue weighted by molar-refractivity contribution is 5.80. The minimum Gasteiger partial charge on any atom is -0.443 e. The summed E-state index contributed by atoms with van der Waals surface area (Å²) in [5, 5.41) is 0. The summed E-state index contributed by atoms with van der Waals surface area (Å²) in [6.07, 6.45) is 0.298. The van der Waals surface area contributed by atoms with Gasteiger partial charge in [0.2, 0.25) is 0 Å². The van der Waals surface area contributed by atoms with Crippen molar-refractivity contribution in [3.05, 3.63) is 42.3 Å². The van der Waals surface area contributed by atoms with Gasteiger partial charge < -0.3 is 4.42 Å². The monoisotopic (exact) mass is 281 g/mol. The van der Waals surface area contributed by atoms with E-state index in [-0.39, 0.29) is 22.7 Å². The van der Waals surface area contributed by atoms with Gasteiger partial charge in [-0.25, -0.2) is 9.97 Å². The Morgan fingerprint density at radius 3 is 2.70 bits per heavy atom. The van der Waals surface area contributed by atoms with Crippen molar-refractivity contribution >= 4 is 11.9 Å². The van der Waals surface area contributed by atoms with E-state index in [2.05, 4.69) is 9.97 Å². The van der Waals surface area contributed by atoms with Crippen LogP contribution in [0.3, 0.4) is 0 Å². The SMILES string of the molecule is O=Cc1cnc2c(-c3cnco3)cc(C(F)(F)F)cn12. The van der Waals surface area contributed by atoms with Crippen LogP contribution in [-0.4, -0.2) is 20.7 Å². The number of hydrogen-bond donors (Lipinski definition) is 0. The lowest BCUT2D eigenvalue weighted by Gasteiger charge is -2.10. The molecule has 0 unspecified atom stereocenters. The summed E-state index contributed by atoms with van der Waals surface area (Å²) in [5.74, 6) is 0.143. The summed E-state index contributed by atoms with van der Waals surface area (Å²) in [4.78, 5) is 18.5. The van der Waals surface area contributed by atoms with Gasteiger partial charge in [0.25, 0.3) is 0 Å². The first-order valence-corrected chi connectivity index (χ1v) is 5.43. The molecule has 0 saturated carbocycles. The van der Waals surface area contributed by atoms with Gasteiger partial charge in [-0.2, -0.15) is 13.2 Å². The summed E-state index contributed by atoms with van der Waals surface area (Å²) >= 11 is 0. The third-order valence-electron chi connectivity index (χ3n) is 2.78. The molecule has 5 nitrogen and oxygen atoms in total. The van der Waals surface area contributed by atoms with Crippen LogP contribution in [0.2, 0.25) is 0 Å². The molecule has 0 bridgehead atoms. The Kier molecular flexibility index (Phi) is 2.60. The number of alkyl halides is 3. The second-order valence-corrected chi connectivity index (χ2v) is 4.00. The number of fused-ring (bicyclic) bond motifs is 1. The molecule has 0 N–H and O–H groups in total. The zero-order chi connectivity index (χ0) is 14.3. The Labute approximate surface area is 109 Å². The fraction of sp³-hybridized carbons (Fsp3) is 0.0833. The van der Waals surface area contributed by atoms with Gasteiger partial charge in [-0.3, -0.25) is 9.20 Å². The second-order valence-electron chi connectivity index (χ2n) is 4.00. The first kappa shape index (κ1) is 12.4. The van der Waals surface area contributed by atoms with E-state index in [0.717, 1.165) is 23.1 Å². The molecule has 3 heterocycles. The lowest BCUT2D eigenvalue weighted by atomic mass is 10.1. The molecule has 3 rings (SSSR count). The minimum absolute atomic E-state index is 0.0202. The molecule has 102 valence electrons. The molecule has 0 aliphatic carbocycles. The highest BCUT2D eigenvalue weighted by atomic mass is 19.4. The molecule has 0 atom stereocenters. The van der Waals surface area contributed by atoms with Crippen LogP contribution in [0, 0.1) is 0 Å². The maximum atomic E-state index is 12.9. The smallest absolute Gasteiger partial charge is 0.417 e. The zero-order valence-electron chi connectivity index (χ0n) is 9.76. The van der Waals surface area contributed by atoms with Crippen LogP contribution in [0.1, 0.15) is 16.1 Å². The van der Waals surface area contributed by atoms with E-state index in [1.54, 1.807) is 0 Å². The van der Waals surface area contributed by atoms with E-state index in [9.17, 15) is 18.0 Å². The lowest BCUT2D eigenvalue weighted by Crippen LogP contribution is -2.08. The van der Waals surface area contributed by atoms with E-state index in [0.29, 0.717) is 6.29 Å². The highest BCUT2D eigenvalue weighted by Gasteiger charge is 2.32. The molecule has 0 spiro atoms. The quantitative estimate of drug-likeness (QED) is 0.678. The van der Waals surface area contributed by atoms with Gasteiger partial charge >= 0.3 is 6.18 Å². The molecule has 0 aromatic carbocycles. The largest absolute Gasteiger partial charge is 0.443 e. The minimum atomic E-state index is -4.55. The number of carbonyl (C=O) groups is 1. The average molecular weight is 281 g/mol. The lowest BCUT2D eigenvalue weighted by molar-refractivity contribution is -0.137. The summed E-state index contributed by atoms with van der Waals surface area (Å²) in [6, 6.07) is 0.914. The predicted octanol–water partition coefficient (Wildman–Crippen LogP) is 2.82. The molecule has 3 aromatic rings. The van der Waals surface area contributed by atoms with Gasteiger partial charge in [0.05, 0.1) is 23.5 Å². The van der Waals surface area contributed by atoms with Crippen LogP contribution in [-0.2, 0) is 6.18 Å². The molecular weight excluding hydrogens is 275 g/mol. The first-order valence-electron chi connectivity index (χ1n) is 5.43. The van der Waals surface area contributed by atoms with Gasteiger partial charge in [0.1, 0.15) is 11.3 Å². The van der Waals surface area contributed by atoms with Crippen LogP contribution in [0.15, 0.2) is 35.5 Å². The van der Waals surface area contributed by atoms with Gasteiger partial charge in [-0.1, -0.05) is 0 Å². The number of nitrogens with zero attached hydrogens (tertiary/aromatic N) is 3. The van der Waals surface area contributed by atoms with E-state index >= 15 is 0 Å². The van der Waals surface area contributed by atoms with Crippen LogP contribution < -0.4 is 0 Å². The van der Waals surface area contributed by atoms with Crippen molar-refractivity contribution < 1.29 is 22.4 Å². The van der Waals surface area contributed by atoms with Gasteiger partial charge in [0, 0.05) is 6.20 Å². The van der Waals surface area contributed by atoms with Crippen molar-refractivity contribution in [1.82, 2.24) is 14.4 Å². The summed E-state index contributed by atoms with van der Waals surface area (Å²) in [6.45, 7) is 0. The Morgan fingerprint density at radius 1 is 1.30 bits per heavy atom. The average Bonchev–Trinajstić information content (AvgIpc) is 3.05. The maximum Gasteiger partial charge on any atom is 0.417 e. The Hall–Kier alpha value is -2.64. The number of rotatable bonds is 2. The van der Waals surface area contributed by atoms with Crippen molar-refractivity contribution in [3.8, 4) is 11.3 Å². The summed E-state index contributed by atoms with van der Waals surface area (Å²) in [7, 11) is 0. The van der Waals surface area contributed by atoms with E-state index in [1.165, 1.54) is 12.4 Å². The molecule has 0 saturated heterocycles. The molecule has 0 fully saturated rings. The normalized spacial score (nSPS) is 11.9. The number of halogens is 3. The number of oxazole rings is 1. The fourth-order valence-electron chi connectivity index (χ4n) is 1.88. The van der Waals surface area contributed by atoms with E-state index in [1.807, 2.05) is 0 Å². The van der Waals surface area contributed by atoms with Crippen molar-refractivity contribution in [2.75, 3.05) is 0 Å². The number of pyridine rings is 1. The topological polar surface area (TPSA) is 60.4 Å². The van der Waals surface area contributed by atoms with E-state index < -0.39 is 11.7 Å². The predicted molar refractivity (Wildman–Crippen MR) is 61.1 cm³/mol. The number of aromatic nitrogens is 3. The standard InChI is InChI=1S/C12H6F3N3O2/c13-12(14,15)7-1-9(10-3-16-6-20-10)11-17-2-8(5-19)18(11)4-7/h1-6H. The zero-order valence-corrected chi connectivity index (χ0v) is 9.76. The van der Waals surface area contributed by atoms with Crippen LogP contribution in [0.4, 0.5) is 13.2 Å². The van der Waals surface area contributed by atoms with Gasteiger partial charge in [-0.05, 0) is 6.07 Å². The molecule has 3 aromatic heterocycles. The van der Waals surface area contributed by atoms with Crippen molar-refractivity contribution in [2.45, 2.75) is 6.18 Å². The number of imidazole rings is 1. The van der Waals surface area contributed by atoms with Crippen molar-refractivity contribution in [3.63, 3.8) is 0 Å². The van der Waals surface area contributed by atoms with Gasteiger partial charge in [-0.15, -0.1) is 0 Å². The number of carbonyl (C=O) groups excluding carboxylic acids is 1. The first-order chi connectivity index (χ1) is 9.50. The van der Waals surface area contributed by atoms with E-state index in [4.69, 9.17) is 4.42 Å². The Morgan fingerprint density at radius 2 is 2.10 bits per heavy atom. The fourth-order valence-corrected chi connectivity index (χ4v) is 1.88. The molecule has 0 radical (unpaired) electrons. The summed E-state index contributed by atoms with van der Waals surface area (Å²) in [5.41, 5.74) is -0.577. The highest BCUT2D eigenvalue weighted by Crippen LogP contribution is 2.34. The Balaban J connectivity index is 2.38. The third kappa shape index (κ3) is 1.85. The molecular formula is C12H6F3N3O2. The number of hydrogen-bond acceptors (Lipinski definition) is 4. The van der Waals surface area contributed by atoms with Crippen molar-refractivity contribution in [1.29, 1.82) is 0 Å².